The van der Waals surface area contributed by atoms with Crippen molar-refractivity contribution in [3.63, 3.8) is 0 Å². The lowest BCUT2D eigenvalue weighted by Crippen LogP contribution is -2.60. The molecule has 0 amide bonds. The summed E-state index contributed by atoms with van der Waals surface area (Å²) in [7, 11) is 0. The number of rotatable bonds is 15. The van der Waals surface area contributed by atoms with Crippen molar-refractivity contribution in [2.24, 2.45) is 0 Å². The van der Waals surface area contributed by atoms with E-state index in [4.69, 9.17) is 42.6 Å². The largest absolute Gasteiger partial charge is 0.394 e. The van der Waals surface area contributed by atoms with Crippen LogP contribution in [0.15, 0.2) is 91.0 Å². The lowest BCUT2D eigenvalue weighted by Gasteiger charge is -2.45. The molecule has 3 aromatic rings. The van der Waals surface area contributed by atoms with Crippen molar-refractivity contribution in [1.29, 1.82) is 0 Å². The smallest absolute Gasteiger partial charge is 0.186 e. The van der Waals surface area contributed by atoms with E-state index in [1.807, 2.05) is 97.9 Å². The molecule has 3 fully saturated rings. The third-order valence-corrected chi connectivity index (χ3v) is 8.87. The van der Waals surface area contributed by atoms with Crippen LogP contribution in [0.5, 0.6) is 0 Å². The van der Waals surface area contributed by atoms with E-state index in [2.05, 4.69) is 0 Å². The predicted molar refractivity (Wildman–Crippen MR) is 177 cm³/mol. The van der Waals surface area contributed by atoms with Gasteiger partial charge in [-0.25, -0.2) is 0 Å². The summed E-state index contributed by atoms with van der Waals surface area (Å²) in [4.78, 5) is 0. The van der Waals surface area contributed by atoms with E-state index in [1.54, 1.807) is 13.8 Å². The molecule has 0 saturated carbocycles. The topological polar surface area (TPSA) is 124 Å². The Morgan fingerprint density at radius 2 is 1.06 bits per heavy atom. The second-order valence-corrected chi connectivity index (χ2v) is 13.0. The SMILES string of the molecule is C[C@@H]1O[C@@H](OCCO[C@@H]2O[C@H](CO)[C@@H]3OC(C)(C)O[C@@H]3[C@H]2O)[C@@H](OCc2ccccc2)[C@H](OCc2ccccc2)[C@@H]1OCc1ccccc1. The second-order valence-electron chi connectivity index (χ2n) is 13.0. The molecule has 3 aliphatic rings. The maximum absolute atomic E-state index is 11.0. The van der Waals surface area contributed by atoms with Gasteiger partial charge in [0, 0.05) is 0 Å². The molecule has 3 aliphatic heterocycles. The number of aliphatic hydroxyl groups is 2. The van der Waals surface area contributed by atoms with Gasteiger partial charge in [-0.05, 0) is 37.5 Å². The molecule has 0 unspecified atom stereocenters. The second kappa shape index (κ2) is 17.0. The number of hydrogen-bond acceptors (Lipinski definition) is 11. The zero-order valence-electron chi connectivity index (χ0n) is 28.2. The van der Waals surface area contributed by atoms with Crippen molar-refractivity contribution in [1.82, 2.24) is 0 Å². The van der Waals surface area contributed by atoms with Crippen LogP contribution in [0.3, 0.4) is 0 Å². The van der Waals surface area contributed by atoms with E-state index < -0.39 is 67.2 Å². The summed E-state index contributed by atoms with van der Waals surface area (Å²) in [6, 6.07) is 29.8. The molecule has 2 N–H and O–H groups in total. The van der Waals surface area contributed by atoms with E-state index in [9.17, 15) is 10.2 Å². The van der Waals surface area contributed by atoms with Gasteiger partial charge in [-0.2, -0.15) is 0 Å². The lowest BCUT2D eigenvalue weighted by atomic mass is 9.98. The fourth-order valence-corrected chi connectivity index (χ4v) is 6.47. The van der Waals surface area contributed by atoms with Gasteiger partial charge >= 0.3 is 0 Å². The highest BCUT2D eigenvalue weighted by Gasteiger charge is 2.55. The number of aliphatic hydroxyl groups excluding tert-OH is 2. The summed E-state index contributed by atoms with van der Waals surface area (Å²) >= 11 is 0. The quantitative estimate of drug-likeness (QED) is 0.226. The average molecular weight is 681 g/mol. The highest BCUT2D eigenvalue weighted by atomic mass is 16.8. The van der Waals surface area contributed by atoms with Crippen LogP contribution in [0.1, 0.15) is 37.5 Å². The fraction of sp³-hybridized carbons (Fsp3) is 0.526. The number of hydrogen-bond donors (Lipinski definition) is 2. The molecule has 0 radical (unpaired) electrons. The Kier molecular flexibility index (Phi) is 12.5. The summed E-state index contributed by atoms with van der Waals surface area (Å²) in [5.41, 5.74) is 3.05. The van der Waals surface area contributed by atoms with Crippen LogP contribution >= 0.6 is 0 Å². The van der Waals surface area contributed by atoms with Crippen LogP contribution in [0.25, 0.3) is 0 Å². The average Bonchev–Trinajstić information content (AvgIpc) is 3.46. The first-order chi connectivity index (χ1) is 23.8. The predicted octanol–water partition coefficient (Wildman–Crippen LogP) is 4.12. The van der Waals surface area contributed by atoms with Gasteiger partial charge < -0.3 is 52.8 Å². The zero-order valence-corrected chi connectivity index (χ0v) is 28.2. The molecule has 3 saturated heterocycles. The maximum atomic E-state index is 11.0. The van der Waals surface area contributed by atoms with Gasteiger partial charge in [0.05, 0.1) is 45.7 Å². The Labute approximate surface area is 287 Å². The number of ether oxygens (including phenoxy) is 9. The van der Waals surface area contributed by atoms with Gasteiger partial charge in [0.2, 0.25) is 0 Å². The van der Waals surface area contributed by atoms with E-state index in [1.165, 1.54) is 0 Å². The molecule has 11 heteroatoms. The van der Waals surface area contributed by atoms with Gasteiger partial charge in [0.15, 0.2) is 18.4 Å². The molecule has 11 nitrogen and oxygen atoms in total. The first-order valence-electron chi connectivity index (χ1n) is 17.0. The monoisotopic (exact) mass is 680 g/mol. The van der Waals surface area contributed by atoms with Crippen LogP contribution < -0.4 is 0 Å². The molecule has 0 bridgehead atoms. The summed E-state index contributed by atoms with van der Waals surface area (Å²) in [5.74, 6) is -0.920. The van der Waals surface area contributed by atoms with Crippen molar-refractivity contribution in [2.45, 2.75) is 108 Å². The highest BCUT2D eigenvalue weighted by Crippen LogP contribution is 2.38. The molecule has 3 aromatic carbocycles. The Bertz CT molecular complexity index is 1390. The molecule has 0 aliphatic carbocycles. The summed E-state index contributed by atoms with van der Waals surface area (Å²) in [6.45, 7) is 6.33. The molecule has 3 heterocycles. The zero-order chi connectivity index (χ0) is 34.2. The first-order valence-corrected chi connectivity index (χ1v) is 17.0. The molecule has 0 spiro atoms. The van der Waals surface area contributed by atoms with Gasteiger partial charge in [-0.15, -0.1) is 0 Å². The first kappa shape index (κ1) is 36.0. The minimum Gasteiger partial charge on any atom is -0.394 e. The van der Waals surface area contributed by atoms with Crippen LogP contribution in [0.4, 0.5) is 0 Å². The highest BCUT2D eigenvalue weighted by molar-refractivity contribution is 5.15. The summed E-state index contributed by atoms with van der Waals surface area (Å²) in [5, 5.41) is 20.9. The van der Waals surface area contributed by atoms with Gasteiger partial charge in [-0.3, -0.25) is 0 Å². The fourth-order valence-electron chi connectivity index (χ4n) is 6.47. The Balaban J connectivity index is 1.15. The van der Waals surface area contributed by atoms with Crippen molar-refractivity contribution < 1.29 is 52.8 Å². The Morgan fingerprint density at radius 3 is 1.59 bits per heavy atom. The third kappa shape index (κ3) is 9.32. The van der Waals surface area contributed by atoms with Crippen molar-refractivity contribution in [2.75, 3.05) is 19.8 Å². The van der Waals surface area contributed by atoms with Crippen LogP contribution in [0, 0.1) is 0 Å². The van der Waals surface area contributed by atoms with Gasteiger partial charge in [0.25, 0.3) is 0 Å². The van der Waals surface area contributed by atoms with Crippen molar-refractivity contribution >= 4 is 0 Å². The van der Waals surface area contributed by atoms with E-state index in [0.717, 1.165) is 16.7 Å². The molecular formula is C38H48O11. The van der Waals surface area contributed by atoms with Crippen molar-refractivity contribution in [3.05, 3.63) is 108 Å². The molecule has 10 atom stereocenters. The molecular weight excluding hydrogens is 632 g/mol. The van der Waals surface area contributed by atoms with E-state index in [0.29, 0.717) is 19.8 Å². The maximum Gasteiger partial charge on any atom is 0.186 e. The normalized spacial score (nSPS) is 32.5. The van der Waals surface area contributed by atoms with Crippen molar-refractivity contribution in [3.8, 4) is 0 Å². The van der Waals surface area contributed by atoms with Crippen LogP contribution in [-0.4, -0.2) is 97.2 Å². The molecule has 6 rings (SSSR count). The minimum atomic E-state index is -1.12. The Hall–Kier alpha value is -2.78. The summed E-state index contributed by atoms with van der Waals surface area (Å²) < 4.78 is 56.0. The Morgan fingerprint density at radius 1 is 0.592 bits per heavy atom. The number of benzene rings is 3. The van der Waals surface area contributed by atoms with Crippen LogP contribution in [0.2, 0.25) is 0 Å². The third-order valence-electron chi connectivity index (χ3n) is 8.87. The van der Waals surface area contributed by atoms with Crippen LogP contribution in [-0.2, 0) is 62.5 Å². The lowest BCUT2D eigenvalue weighted by molar-refractivity contribution is -0.326. The standard InChI is InChI=1S/C38H48O11/c1-25-31(43-22-26-13-7-4-8-14-26)34(44-23-27-15-9-5-10-16-27)35(45-24-28-17-11-6-12-18-28)37(46-25)42-20-19-41-36-30(40)33-32(29(21-39)47-36)48-38(2,3)49-33/h4-18,25,29-37,39-40H,19-24H2,1-3H3/t25-,29+,30+,31+,32-,33+,34+,35-,36+,37+/m0/s1. The number of fused-ring (bicyclic) bond motifs is 1. The molecule has 266 valence electrons. The minimum absolute atomic E-state index is 0.0602. The summed E-state index contributed by atoms with van der Waals surface area (Å²) in [6.07, 6.45) is -7.11. The van der Waals surface area contributed by atoms with E-state index >= 15 is 0 Å². The van der Waals surface area contributed by atoms with Gasteiger partial charge in [0.1, 0.15) is 42.7 Å². The molecule has 49 heavy (non-hydrogen) atoms. The van der Waals surface area contributed by atoms with Gasteiger partial charge in [-0.1, -0.05) is 91.0 Å². The van der Waals surface area contributed by atoms with E-state index in [-0.39, 0.29) is 19.8 Å². The molecule has 0 aromatic heterocycles.